The minimum Gasteiger partial charge on any atom is -0.468 e. The first-order chi connectivity index (χ1) is 18.4. The van der Waals surface area contributed by atoms with E-state index in [1.54, 1.807) is 23.5 Å². The van der Waals surface area contributed by atoms with Gasteiger partial charge in [-0.2, -0.15) is 0 Å². The molecule has 0 atom stereocenters. The summed E-state index contributed by atoms with van der Waals surface area (Å²) >= 11 is 3.27. The van der Waals surface area contributed by atoms with Crippen LogP contribution in [0.3, 0.4) is 0 Å². The molecular formula is C30H30N2O4S2. The van der Waals surface area contributed by atoms with Crippen molar-refractivity contribution in [3.05, 3.63) is 89.6 Å². The number of methoxy groups -OCH3 is 2. The van der Waals surface area contributed by atoms with Crippen LogP contribution >= 0.6 is 23.5 Å². The highest BCUT2D eigenvalue weighted by atomic mass is 32.2. The van der Waals surface area contributed by atoms with Gasteiger partial charge < -0.3 is 14.8 Å². The van der Waals surface area contributed by atoms with Crippen molar-refractivity contribution in [1.82, 2.24) is 0 Å². The van der Waals surface area contributed by atoms with Crippen molar-refractivity contribution in [1.29, 1.82) is 0 Å². The average Bonchev–Trinajstić information content (AvgIpc) is 3.27. The number of hydrogen-bond acceptors (Lipinski definition) is 8. The predicted molar refractivity (Wildman–Crippen MR) is 156 cm³/mol. The first-order valence-corrected chi connectivity index (χ1v) is 14.4. The summed E-state index contributed by atoms with van der Waals surface area (Å²) in [6.45, 7) is 2.01. The van der Waals surface area contributed by atoms with Crippen LogP contribution in [0.2, 0.25) is 0 Å². The lowest BCUT2D eigenvalue weighted by Crippen LogP contribution is -2.46. The standard InChI is InChI=1S/C30H30N2O4S2/c1-19-6-8-20(9-7-19)25-18-30(28(33)35-2,29(34)36-3)27(32-22-12-16-24(38-5)17-13-22)26(25)31-21-10-14-23(37-4)15-11-21/h6-17,31H,18H2,1-5H3. The van der Waals surface area contributed by atoms with Gasteiger partial charge in [0.25, 0.3) is 0 Å². The van der Waals surface area contributed by atoms with E-state index in [0.717, 1.165) is 32.2 Å². The van der Waals surface area contributed by atoms with E-state index in [1.165, 1.54) is 14.2 Å². The summed E-state index contributed by atoms with van der Waals surface area (Å²) in [7, 11) is 2.55. The molecular weight excluding hydrogens is 516 g/mol. The fourth-order valence-corrected chi connectivity index (χ4v) is 5.27. The van der Waals surface area contributed by atoms with Gasteiger partial charge in [0.2, 0.25) is 5.41 Å². The number of anilines is 1. The summed E-state index contributed by atoms with van der Waals surface area (Å²) < 4.78 is 10.4. The molecule has 0 saturated carbocycles. The van der Waals surface area contributed by atoms with Gasteiger partial charge in [0.1, 0.15) is 0 Å². The van der Waals surface area contributed by atoms with E-state index in [1.807, 2.05) is 92.2 Å². The number of allylic oxidation sites excluding steroid dienone is 2. The van der Waals surface area contributed by atoms with Crippen LogP contribution in [0.15, 0.2) is 93.3 Å². The number of hydrogen-bond donors (Lipinski definition) is 1. The molecule has 0 bridgehead atoms. The molecule has 0 spiro atoms. The highest BCUT2D eigenvalue weighted by Crippen LogP contribution is 2.47. The van der Waals surface area contributed by atoms with Crippen LogP contribution in [0.25, 0.3) is 5.57 Å². The number of aliphatic imine (C=N–C) groups is 1. The largest absolute Gasteiger partial charge is 0.468 e. The number of thioether (sulfide) groups is 2. The fourth-order valence-electron chi connectivity index (χ4n) is 4.45. The number of nitrogens with zero attached hydrogens (tertiary/aromatic N) is 1. The van der Waals surface area contributed by atoms with Gasteiger partial charge in [0.15, 0.2) is 0 Å². The molecule has 0 unspecified atom stereocenters. The maximum absolute atomic E-state index is 13.5. The Kier molecular flexibility index (Phi) is 8.64. The van der Waals surface area contributed by atoms with E-state index in [0.29, 0.717) is 11.4 Å². The summed E-state index contributed by atoms with van der Waals surface area (Å²) in [6.07, 6.45) is 4.06. The number of carbonyl (C=O) groups excluding carboxylic acids is 2. The number of ether oxygens (including phenoxy) is 2. The topological polar surface area (TPSA) is 77.0 Å². The van der Waals surface area contributed by atoms with E-state index in [-0.39, 0.29) is 12.1 Å². The minimum atomic E-state index is -1.77. The Morgan fingerprint density at radius 2 is 1.34 bits per heavy atom. The second-order valence-corrected chi connectivity index (χ2v) is 10.6. The summed E-state index contributed by atoms with van der Waals surface area (Å²) in [4.78, 5) is 34.1. The van der Waals surface area contributed by atoms with Crippen LogP contribution in [0, 0.1) is 12.3 Å². The molecule has 0 fully saturated rings. The number of esters is 2. The lowest BCUT2D eigenvalue weighted by Gasteiger charge is -2.25. The Labute approximate surface area is 231 Å². The Hall–Kier alpha value is -3.49. The maximum atomic E-state index is 13.5. The van der Waals surface area contributed by atoms with Crippen molar-refractivity contribution >= 4 is 58.1 Å². The Morgan fingerprint density at radius 3 is 1.84 bits per heavy atom. The van der Waals surface area contributed by atoms with E-state index in [2.05, 4.69) is 5.32 Å². The number of aryl methyl sites for hydroxylation is 1. The number of carbonyl (C=O) groups is 2. The van der Waals surface area contributed by atoms with Crippen molar-refractivity contribution < 1.29 is 19.1 Å². The summed E-state index contributed by atoms with van der Waals surface area (Å²) in [5, 5.41) is 3.48. The van der Waals surface area contributed by atoms with Gasteiger partial charge in [-0.05, 0) is 79.1 Å². The molecule has 4 rings (SSSR count). The minimum absolute atomic E-state index is 0.0440. The smallest absolute Gasteiger partial charge is 0.329 e. The molecule has 3 aromatic rings. The molecule has 6 nitrogen and oxygen atoms in total. The number of nitrogens with one attached hydrogen (secondary N) is 1. The van der Waals surface area contributed by atoms with Gasteiger partial charge in [-0.25, -0.2) is 4.99 Å². The van der Waals surface area contributed by atoms with Gasteiger partial charge in [0, 0.05) is 21.9 Å². The predicted octanol–water partition coefficient (Wildman–Crippen LogP) is 6.77. The fraction of sp³-hybridized carbons (Fsp3) is 0.233. The van der Waals surface area contributed by atoms with Gasteiger partial charge >= 0.3 is 11.9 Å². The number of rotatable bonds is 8. The molecule has 0 radical (unpaired) electrons. The average molecular weight is 547 g/mol. The van der Waals surface area contributed by atoms with Gasteiger partial charge in [-0.15, -0.1) is 23.5 Å². The van der Waals surface area contributed by atoms with Crippen LogP contribution in [0.4, 0.5) is 11.4 Å². The molecule has 1 aliphatic carbocycles. The van der Waals surface area contributed by atoms with Crippen LogP contribution in [0.5, 0.6) is 0 Å². The van der Waals surface area contributed by atoms with Gasteiger partial charge in [-0.3, -0.25) is 9.59 Å². The zero-order chi connectivity index (χ0) is 27.3. The molecule has 0 aliphatic heterocycles. The van der Waals surface area contributed by atoms with E-state index >= 15 is 0 Å². The third kappa shape index (κ3) is 5.37. The lowest BCUT2D eigenvalue weighted by molar-refractivity contribution is -0.162. The molecule has 38 heavy (non-hydrogen) atoms. The quantitative estimate of drug-likeness (QED) is 0.190. The second-order valence-electron chi connectivity index (χ2n) is 8.80. The summed E-state index contributed by atoms with van der Waals surface area (Å²) in [5.41, 5.74) is 3.23. The van der Waals surface area contributed by atoms with E-state index < -0.39 is 17.4 Å². The normalized spacial score (nSPS) is 15.4. The Morgan fingerprint density at radius 1 is 0.816 bits per heavy atom. The van der Waals surface area contributed by atoms with Crippen LogP contribution in [0.1, 0.15) is 17.5 Å². The highest BCUT2D eigenvalue weighted by Gasteiger charge is 2.59. The second kappa shape index (κ2) is 11.9. The van der Waals surface area contributed by atoms with Gasteiger partial charge in [0.05, 0.1) is 31.3 Å². The first-order valence-electron chi connectivity index (χ1n) is 12.0. The molecule has 0 saturated heterocycles. The number of benzene rings is 3. The van der Waals surface area contributed by atoms with Crippen molar-refractivity contribution in [2.75, 3.05) is 32.0 Å². The molecule has 0 amide bonds. The molecule has 1 N–H and O–H groups in total. The third-order valence-electron chi connectivity index (χ3n) is 6.53. The third-order valence-corrected chi connectivity index (χ3v) is 8.01. The lowest BCUT2D eigenvalue weighted by atomic mass is 9.81. The zero-order valence-electron chi connectivity index (χ0n) is 22.0. The van der Waals surface area contributed by atoms with E-state index in [9.17, 15) is 9.59 Å². The molecule has 196 valence electrons. The van der Waals surface area contributed by atoms with E-state index in [4.69, 9.17) is 14.5 Å². The maximum Gasteiger partial charge on any atom is 0.329 e. The molecule has 1 aliphatic rings. The zero-order valence-corrected chi connectivity index (χ0v) is 23.7. The van der Waals surface area contributed by atoms with Crippen LogP contribution in [-0.2, 0) is 19.1 Å². The van der Waals surface area contributed by atoms with Crippen LogP contribution in [-0.4, -0.2) is 44.4 Å². The molecule has 0 heterocycles. The molecule has 8 heteroatoms. The summed E-state index contributed by atoms with van der Waals surface area (Å²) in [5.74, 6) is -1.44. The van der Waals surface area contributed by atoms with Crippen molar-refractivity contribution in [2.24, 2.45) is 10.4 Å². The van der Waals surface area contributed by atoms with Crippen molar-refractivity contribution in [3.8, 4) is 0 Å². The van der Waals surface area contributed by atoms with Crippen molar-refractivity contribution in [3.63, 3.8) is 0 Å². The first kappa shape index (κ1) is 27.5. The van der Waals surface area contributed by atoms with Gasteiger partial charge in [-0.1, -0.05) is 29.8 Å². The highest BCUT2D eigenvalue weighted by molar-refractivity contribution is 7.98. The SMILES string of the molecule is COC(=O)C1(C(=O)OC)CC(c2ccc(C)cc2)=C(Nc2ccc(SC)cc2)C1=Nc1ccc(SC)cc1. The Balaban J connectivity index is 1.98. The van der Waals surface area contributed by atoms with Crippen LogP contribution < -0.4 is 5.32 Å². The van der Waals surface area contributed by atoms with Crippen molar-refractivity contribution in [2.45, 2.75) is 23.1 Å². The Bertz CT molecular complexity index is 1360. The monoisotopic (exact) mass is 546 g/mol. The molecule has 0 aromatic heterocycles. The molecule has 3 aromatic carbocycles. The summed E-state index contributed by atoms with van der Waals surface area (Å²) in [6, 6.07) is 23.6.